The average molecular weight is 510 g/mol. The van der Waals surface area contributed by atoms with E-state index < -0.39 is 29.9 Å². The highest BCUT2D eigenvalue weighted by atomic mass is 19.4. The second-order valence-electron chi connectivity index (χ2n) is 9.03. The molecule has 1 atom stereocenters. The summed E-state index contributed by atoms with van der Waals surface area (Å²) in [6.45, 7) is 2.52. The molecule has 4 rings (SSSR count). The molecule has 4 aromatic rings. The SMILES string of the molecule is Cc1c(/C=C/c2cc(CNC(C)(CO)C(=O)O)ccc2C(F)(F)F)cccc1-c1ccc2nccn2c1. The van der Waals surface area contributed by atoms with Gasteiger partial charge in [-0.1, -0.05) is 36.4 Å². The zero-order valence-corrected chi connectivity index (χ0v) is 20.3. The number of aliphatic hydroxyl groups excluding tert-OH is 1. The van der Waals surface area contributed by atoms with Gasteiger partial charge in [-0.05, 0) is 71.5 Å². The Morgan fingerprint density at radius 2 is 1.86 bits per heavy atom. The summed E-state index contributed by atoms with van der Waals surface area (Å²) in [5.74, 6) is -1.26. The van der Waals surface area contributed by atoms with Crippen molar-refractivity contribution in [3.05, 3.63) is 94.9 Å². The van der Waals surface area contributed by atoms with Crippen molar-refractivity contribution in [2.75, 3.05) is 6.61 Å². The van der Waals surface area contributed by atoms with Crippen molar-refractivity contribution in [2.45, 2.75) is 32.1 Å². The third-order valence-electron chi connectivity index (χ3n) is 6.41. The highest BCUT2D eigenvalue weighted by Gasteiger charge is 2.34. The van der Waals surface area contributed by atoms with Crippen LogP contribution in [0.4, 0.5) is 13.2 Å². The molecule has 2 heterocycles. The zero-order chi connectivity index (χ0) is 26.8. The maximum atomic E-state index is 13.7. The van der Waals surface area contributed by atoms with E-state index in [1.165, 1.54) is 25.1 Å². The van der Waals surface area contributed by atoms with Crippen LogP contribution in [0.3, 0.4) is 0 Å². The highest BCUT2D eigenvalue weighted by Crippen LogP contribution is 2.34. The molecule has 0 bridgehead atoms. The molecule has 3 N–H and O–H groups in total. The fraction of sp³-hybridized carbons (Fsp3) is 0.214. The number of carboxylic acids is 1. The number of rotatable bonds is 8. The number of halogens is 3. The van der Waals surface area contributed by atoms with Crippen LogP contribution < -0.4 is 5.32 Å². The molecule has 0 spiro atoms. The fourth-order valence-electron chi connectivity index (χ4n) is 4.02. The van der Waals surface area contributed by atoms with Crippen molar-refractivity contribution in [3.8, 4) is 11.1 Å². The summed E-state index contributed by atoms with van der Waals surface area (Å²) in [6.07, 6.45) is 4.00. The number of imidazole rings is 1. The summed E-state index contributed by atoms with van der Waals surface area (Å²) >= 11 is 0. The number of alkyl halides is 3. The lowest BCUT2D eigenvalue weighted by Gasteiger charge is -2.24. The zero-order valence-electron chi connectivity index (χ0n) is 20.3. The van der Waals surface area contributed by atoms with Crippen molar-refractivity contribution in [2.24, 2.45) is 0 Å². The van der Waals surface area contributed by atoms with Gasteiger partial charge >= 0.3 is 12.1 Å². The quantitative estimate of drug-likeness (QED) is 0.276. The number of hydrogen-bond acceptors (Lipinski definition) is 4. The van der Waals surface area contributed by atoms with E-state index in [2.05, 4.69) is 10.3 Å². The van der Waals surface area contributed by atoms with Crippen LogP contribution in [0.5, 0.6) is 0 Å². The minimum absolute atomic E-state index is 0.0341. The van der Waals surface area contributed by atoms with Gasteiger partial charge in [-0.25, -0.2) is 4.98 Å². The second-order valence-corrected chi connectivity index (χ2v) is 9.03. The van der Waals surface area contributed by atoms with E-state index in [1.54, 1.807) is 12.3 Å². The van der Waals surface area contributed by atoms with Crippen molar-refractivity contribution in [1.82, 2.24) is 14.7 Å². The van der Waals surface area contributed by atoms with Crippen molar-refractivity contribution < 1.29 is 28.2 Å². The van der Waals surface area contributed by atoms with Gasteiger partial charge in [0.2, 0.25) is 0 Å². The second kappa shape index (κ2) is 10.2. The van der Waals surface area contributed by atoms with Gasteiger partial charge in [0, 0.05) is 25.1 Å². The normalized spacial score (nSPS) is 13.8. The van der Waals surface area contributed by atoms with Crippen LogP contribution >= 0.6 is 0 Å². The van der Waals surface area contributed by atoms with Crippen LogP contribution in [0.1, 0.15) is 34.7 Å². The molecule has 9 heteroatoms. The number of pyridine rings is 1. The van der Waals surface area contributed by atoms with E-state index in [1.807, 2.05) is 54.0 Å². The van der Waals surface area contributed by atoms with E-state index in [0.717, 1.165) is 34.0 Å². The Balaban J connectivity index is 1.67. The van der Waals surface area contributed by atoms with E-state index in [4.69, 9.17) is 0 Å². The molecule has 37 heavy (non-hydrogen) atoms. The van der Waals surface area contributed by atoms with Gasteiger partial charge in [0.15, 0.2) is 0 Å². The number of aliphatic hydroxyl groups is 1. The summed E-state index contributed by atoms with van der Waals surface area (Å²) in [4.78, 5) is 15.7. The summed E-state index contributed by atoms with van der Waals surface area (Å²) in [7, 11) is 0. The molecule has 2 aromatic carbocycles. The Kier molecular flexibility index (Phi) is 7.20. The molecule has 192 valence electrons. The molecule has 0 saturated heterocycles. The molecule has 0 amide bonds. The lowest BCUT2D eigenvalue weighted by molar-refractivity contribution is -0.146. The molecule has 1 unspecified atom stereocenters. The van der Waals surface area contributed by atoms with Crippen LogP contribution in [0.15, 0.2) is 67.1 Å². The molecule has 0 saturated carbocycles. The van der Waals surface area contributed by atoms with E-state index >= 15 is 0 Å². The topological polar surface area (TPSA) is 86.9 Å². The van der Waals surface area contributed by atoms with Crippen LogP contribution in [-0.4, -0.2) is 37.7 Å². The van der Waals surface area contributed by atoms with Gasteiger partial charge in [0.1, 0.15) is 11.2 Å². The number of nitrogens with zero attached hydrogens (tertiary/aromatic N) is 2. The summed E-state index contributed by atoms with van der Waals surface area (Å²) in [5, 5.41) is 21.4. The molecule has 0 radical (unpaired) electrons. The predicted octanol–water partition coefficient (Wildman–Crippen LogP) is 5.42. The first-order valence-electron chi connectivity index (χ1n) is 11.5. The van der Waals surface area contributed by atoms with Crippen LogP contribution in [-0.2, 0) is 17.5 Å². The lowest BCUT2D eigenvalue weighted by Crippen LogP contribution is -2.52. The number of aliphatic carboxylic acids is 1. The number of carbonyl (C=O) groups is 1. The number of benzene rings is 2. The van der Waals surface area contributed by atoms with E-state index in [0.29, 0.717) is 5.56 Å². The van der Waals surface area contributed by atoms with Crippen LogP contribution in [0.25, 0.3) is 28.9 Å². The first-order valence-corrected chi connectivity index (χ1v) is 11.5. The molecule has 0 aliphatic carbocycles. The van der Waals surface area contributed by atoms with Crippen LogP contribution in [0, 0.1) is 6.92 Å². The van der Waals surface area contributed by atoms with Gasteiger partial charge in [-0.15, -0.1) is 0 Å². The Hall–Kier alpha value is -3.95. The molecular formula is C28H26F3N3O3. The third kappa shape index (κ3) is 5.58. The first-order chi connectivity index (χ1) is 17.5. The minimum atomic E-state index is -4.57. The molecule has 0 aliphatic heterocycles. The van der Waals surface area contributed by atoms with Gasteiger partial charge in [0.05, 0.1) is 12.2 Å². The maximum Gasteiger partial charge on any atom is 0.416 e. The number of fused-ring (bicyclic) bond motifs is 1. The van der Waals surface area contributed by atoms with Gasteiger partial charge in [-0.3, -0.25) is 10.1 Å². The molecule has 0 fully saturated rings. The number of nitrogens with one attached hydrogen (secondary N) is 1. The number of hydrogen-bond donors (Lipinski definition) is 3. The molecule has 6 nitrogen and oxygen atoms in total. The van der Waals surface area contributed by atoms with Gasteiger partial charge in [0.25, 0.3) is 0 Å². The standard InChI is InChI=1S/C28H26F3N3O3/c1-18-20(4-3-5-23(18)22-9-11-25-32-12-13-34(25)16-22)7-8-21-14-19(6-10-24(21)28(29,30)31)15-33-27(2,17-35)26(36)37/h3-14,16,33,35H,15,17H2,1-2H3,(H,36,37)/b8-7+. The first kappa shape index (κ1) is 26.1. The summed E-state index contributed by atoms with van der Waals surface area (Å²) in [5.41, 5.74) is 2.38. The average Bonchev–Trinajstić information content (AvgIpc) is 3.34. The Morgan fingerprint density at radius 3 is 2.57 bits per heavy atom. The number of carboxylic acid groups (broad SMARTS) is 1. The fourth-order valence-corrected chi connectivity index (χ4v) is 4.02. The van der Waals surface area contributed by atoms with E-state index in [9.17, 15) is 28.2 Å². The Labute approximate surface area is 211 Å². The summed E-state index contributed by atoms with van der Waals surface area (Å²) in [6, 6.07) is 13.2. The smallest absolute Gasteiger partial charge is 0.416 e. The van der Waals surface area contributed by atoms with Gasteiger partial charge < -0.3 is 14.6 Å². The van der Waals surface area contributed by atoms with Crippen molar-refractivity contribution in [1.29, 1.82) is 0 Å². The molecule has 2 aromatic heterocycles. The van der Waals surface area contributed by atoms with Crippen molar-refractivity contribution >= 4 is 23.8 Å². The molecular weight excluding hydrogens is 483 g/mol. The monoisotopic (exact) mass is 509 g/mol. The van der Waals surface area contributed by atoms with Crippen molar-refractivity contribution in [3.63, 3.8) is 0 Å². The predicted molar refractivity (Wildman–Crippen MR) is 136 cm³/mol. The summed E-state index contributed by atoms with van der Waals surface area (Å²) < 4.78 is 43.1. The largest absolute Gasteiger partial charge is 0.480 e. The Morgan fingerprint density at radius 1 is 1.11 bits per heavy atom. The highest BCUT2D eigenvalue weighted by molar-refractivity contribution is 5.79. The van der Waals surface area contributed by atoms with Crippen LogP contribution in [0.2, 0.25) is 0 Å². The van der Waals surface area contributed by atoms with Gasteiger partial charge in [-0.2, -0.15) is 13.2 Å². The number of aromatic nitrogens is 2. The third-order valence-corrected chi connectivity index (χ3v) is 6.41. The Bertz CT molecular complexity index is 1480. The van der Waals surface area contributed by atoms with E-state index in [-0.39, 0.29) is 12.1 Å². The molecule has 0 aliphatic rings. The lowest BCUT2D eigenvalue weighted by atomic mass is 9.96. The maximum absolute atomic E-state index is 13.7. The minimum Gasteiger partial charge on any atom is -0.480 e.